The predicted octanol–water partition coefficient (Wildman–Crippen LogP) is 3.09. The van der Waals surface area contributed by atoms with E-state index in [-0.39, 0.29) is 29.0 Å². The van der Waals surface area contributed by atoms with E-state index < -0.39 is 6.10 Å². The van der Waals surface area contributed by atoms with Crippen molar-refractivity contribution >= 4 is 35.2 Å². The lowest BCUT2D eigenvalue weighted by molar-refractivity contribution is -0.153. The standard InChI is InChI=1S/C22H26N2O3S2/c1-3-17(25)18-20(27)24-12(2)22(29-21(18)24)28-14-8-9-23(11-14)16-10-13-6-4-5-7-15(13)19(16)26/h4-7,14,16-18,21,25H,3,8-11H2,1-2H3/t14-,16?,17-,18+,21+/m0/s1. The molecule has 5 nitrogen and oxygen atoms in total. The minimum absolute atomic E-state index is 0.0186. The summed E-state index contributed by atoms with van der Waals surface area (Å²) in [5.74, 6) is 0.0584. The minimum atomic E-state index is -0.551. The highest BCUT2D eigenvalue weighted by molar-refractivity contribution is 8.23. The number of carbonyl (C=O) groups excluding carboxylic acids is 2. The average molecular weight is 431 g/mol. The number of thioether (sulfide) groups is 2. The zero-order valence-electron chi connectivity index (χ0n) is 16.7. The molecule has 0 aromatic heterocycles. The molecule has 1 aromatic carbocycles. The fourth-order valence-corrected chi connectivity index (χ4v) is 8.27. The van der Waals surface area contributed by atoms with Crippen LogP contribution in [0.1, 0.15) is 42.6 Å². The van der Waals surface area contributed by atoms with Gasteiger partial charge < -0.3 is 10.0 Å². The molecule has 1 aromatic rings. The van der Waals surface area contributed by atoms with Crippen LogP contribution in [-0.4, -0.2) is 62.5 Å². The van der Waals surface area contributed by atoms with Crippen molar-refractivity contribution in [2.75, 3.05) is 13.1 Å². The first-order chi connectivity index (χ1) is 14.0. The van der Waals surface area contributed by atoms with E-state index in [1.807, 2.05) is 48.7 Å². The molecule has 1 N–H and O–H groups in total. The van der Waals surface area contributed by atoms with Crippen LogP contribution < -0.4 is 0 Å². The lowest BCUT2D eigenvalue weighted by Gasteiger charge is -2.44. The SMILES string of the molecule is CC[C@H](O)[C@@H]1C(=O)N2C(C)=C(S[C@H]3CCN(C4Cc5ccccc5C4=O)C3)S[C@H]12. The van der Waals surface area contributed by atoms with Gasteiger partial charge in [0.15, 0.2) is 5.78 Å². The van der Waals surface area contributed by atoms with E-state index in [1.54, 1.807) is 11.8 Å². The molecule has 1 amide bonds. The number of carbonyl (C=O) groups is 2. The van der Waals surface area contributed by atoms with Gasteiger partial charge in [0.1, 0.15) is 5.37 Å². The number of hydrogen-bond donors (Lipinski definition) is 1. The number of aliphatic hydroxyl groups excluding tert-OH is 1. The predicted molar refractivity (Wildman–Crippen MR) is 117 cm³/mol. The number of rotatable bonds is 5. The summed E-state index contributed by atoms with van der Waals surface area (Å²) in [6.07, 6.45) is 1.94. The van der Waals surface area contributed by atoms with Crippen molar-refractivity contribution in [1.82, 2.24) is 9.80 Å². The second-order valence-electron chi connectivity index (χ2n) is 8.36. The van der Waals surface area contributed by atoms with E-state index in [9.17, 15) is 14.7 Å². The minimum Gasteiger partial charge on any atom is -0.392 e. The Hall–Kier alpha value is -1.28. The van der Waals surface area contributed by atoms with E-state index in [4.69, 9.17) is 0 Å². The van der Waals surface area contributed by atoms with Gasteiger partial charge in [-0.1, -0.05) is 43.0 Å². The Kier molecular flexibility index (Phi) is 5.05. The Morgan fingerprint density at radius 2 is 2.10 bits per heavy atom. The topological polar surface area (TPSA) is 60.9 Å². The van der Waals surface area contributed by atoms with Crippen LogP contribution in [-0.2, 0) is 11.2 Å². The molecular formula is C22H26N2O3S2. The Bertz CT molecular complexity index is 902. The van der Waals surface area contributed by atoms with Crippen LogP contribution in [0.15, 0.2) is 34.2 Å². The zero-order valence-corrected chi connectivity index (χ0v) is 18.3. The largest absolute Gasteiger partial charge is 0.392 e. The first-order valence-corrected chi connectivity index (χ1v) is 12.2. The number of likely N-dealkylation sites (tertiary alicyclic amines) is 1. The third-order valence-electron chi connectivity index (χ3n) is 6.69. The molecule has 7 heteroatoms. The molecule has 5 atom stereocenters. The van der Waals surface area contributed by atoms with Crippen molar-refractivity contribution in [2.24, 2.45) is 5.92 Å². The summed E-state index contributed by atoms with van der Waals surface area (Å²) in [6.45, 7) is 5.80. The third-order valence-corrected chi connectivity index (χ3v) is 9.75. The first-order valence-electron chi connectivity index (χ1n) is 10.4. The summed E-state index contributed by atoms with van der Waals surface area (Å²) in [4.78, 5) is 29.5. The van der Waals surface area contributed by atoms with Gasteiger partial charge in [-0.25, -0.2) is 0 Å². The van der Waals surface area contributed by atoms with Gasteiger partial charge in [0, 0.05) is 29.6 Å². The van der Waals surface area contributed by atoms with Crippen LogP contribution in [0.25, 0.3) is 0 Å². The second kappa shape index (κ2) is 7.45. The molecule has 0 spiro atoms. The summed E-state index contributed by atoms with van der Waals surface area (Å²) in [5.41, 5.74) is 3.10. The maximum absolute atomic E-state index is 12.8. The van der Waals surface area contributed by atoms with Gasteiger partial charge >= 0.3 is 0 Å². The Morgan fingerprint density at radius 1 is 1.31 bits per heavy atom. The van der Waals surface area contributed by atoms with Crippen molar-refractivity contribution in [1.29, 1.82) is 0 Å². The first kappa shape index (κ1) is 19.7. The molecule has 0 saturated carbocycles. The van der Waals surface area contributed by atoms with Crippen molar-refractivity contribution < 1.29 is 14.7 Å². The van der Waals surface area contributed by atoms with Crippen LogP contribution in [0, 0.1) is 5.92 Å². The van der Waals surface area contributed by atoms with Crippen LogP contribution in [0.5, 0.6) is 0 Å². The lowest BCUT2D eigenvalue weighted by atomic mass is 9.90. The van der Waals surface area contributed by atoms with E-state index in [2.05, 4.69) is 11.0 Å². The highest BCUT2D eigenvalue weighted by atomic mass is 32.2. The number of β-lactam (4-membered cyclic amide) rings is 1. The summed E-state index contributed by atoms with van der Waals surface area (Å²) >= 11 is 3.59. The lowest BCUT2D eigenvalue weighted by Crippen LogP contribution is -2.60. The van der Waals surface area contributed by atoms with E-state index >= 15 is 0 Å². The second-order valence-corrected chi connectivity index (χ2v) is 11.1. The van der Waals surface area contributed by atoms with Gasteiger partial charge in [-0.2, -0.15) is 0 Å². The third kappa shape index (κ3) is 3.09. The number of amides is 1. The van der Waals surface area contributed by atoms with E-state index in [1.165, 1.54) is 9.80 Å². The van der Waals surface area contributed by atoms with Crippen LogP contribution in [0.3, 0.4) is 0 Å². The molecule has 3 aliphatic heterocycles. The summed E-state index contributed by atoms with van der Waals surface area (Å²) in [6, 6.07) is 7.96. The fourth-order valence-electron chi connectivity index (χ4n) is 4.98. The Balaban J connectivity index is 1.22. The molecule has 4 aliphatic rings. The molecule has 5 rings (SSSR count). The smallest absolute Gasteiger partial charge is 0.236 e. The zero-order chi connectivity index (χ0) is 20.3. The molecule has 29 heavy (non-hydrogen) atoms. The molecule has 2 saturated heterocycles. The molecule has 1 aliphatic carbocycles. The number of benzene rings is 1. The molecule has 1 unspecified atom stereocenters. The van der Waals surface area contributed by atoms with Crippen LogP contribution in [0.4, 0.5) is 0 Å². The fraction of sp³-hybridized carbons (Fsp3) is 0.545. The number of aliphatic hydroxyl groups is 1. The summed E-state index contributed by atoms with van der Waals surface area (Å²) < 4.78 is 1.21. The number of nitrogens with zero attached hydrogens (tertiary/aromatic N) is 2. The van der Waals surface area contributed by atoms with Crippen molar-refractivity contribution in [3.05, 3.63) is 45.3 Å². The normalized spacial score (nSPS) is 32.6. The average Bonchev–Trinajstić information content (AvgIpc) is 3.38. The quantitative estimate of drug-likeness (QED) is 0.725. The highest BCUT2D eigenvalue weighted by Crippen LogP contribution is 2.55. The molecule has 154 valence electrons. The van der Waals surface area contributed by atoms with Gasteiger partial charge in [-0.05, 0) is 31.7 Å². The highest BCUT2D eigenvalue weighted by Gasteiger charge is 2.55. The van der Waals surface area contributed by atoms with Gasteiger partial charge in [0.25, 0.3) is 0 Å². The molecule has 0 bridgehead atoms. The van der Waals surface area contributed by atoms with E-state index in [0.717, 1.165) is 37.2 Å². The van der Waals surface area contributed by atoms with Gasteiger partial charge in [0.05, 0.1) is 22.3 Å². The van der Waals surface area contributed by atoms with Crippen molar-refractivity contribution in [3.8, 4) is 0 Å². The van der Waals surface area contributed by atoms with Gasteiger partial charge in [-0.3, -0.25) is 14.5 Å². The molecular weight excluding hydrogens is 404 g/mol. The molecule has 2 fully saturated rings. The van der Waals surface area contributed by atoms with Gasteiger partial charge in [-0.15, -0.1) is 11.8 Å². The Labute approximate surface area is 179 Å². The number of allylic oxidation sites excluding steroid dienone is 1. The number of fused-ring (bicyclic) bond motifs is 2. The summed E-state index contributed by atoms with van der Waals surface area (Å²) in [5, 5.41) is 10.7. The maximum Gasteiger partial charge on any atom is 0.236 e. The van der Waals surface area contributed by atoms with Crippen LogP contribution in [0.2, 0.25) is 0 Å². The van der Waals surface area contributed by atoms with E-state index in [0.29, 0.717) is 11.7 Å². The monoisotopic (exact) mass is 430 g/mol. The summed E-state index contributed by atoms with van der Waals surface area (Å²) in [7, 11) is 0. The van der Waals surface area contributed by atoms with Crippen molar-refractivity contribution in [3.63, 3.8) is 0 Å². The molecule has 3 heterocycles. The molecule has 0 radical (unpaired) electrons. The van der Waals surface area contributed by atoms with Gasteiger partial charge in [0.2, 0.25) is 5.91 Å². The number of hydrogen-bond acceptors (Lipinski definition) is 6. The Morgan fingerprint density at radius 3 is 2.86 bits per heavy atom. The van der Waals surface area contributed by atoms with Crippen molar-refractivity contribution in [2.45, 2.75) is 55.9 Å². The number of Topliss-reactive ketones (excluding diaryl/α,β-unsaturated/α-hetero) is 1. The maximum atomic E-state index is 12.8. The number of ketones is 1. The van der Waals surface area contributed by atoms with Crippen LogP contribution >= 0.6 is 23.5 Å².